The summed E-state index contributed by atoms with van der Waals surface area (Å²) in [5, 5.41) is 0. The zero-order chi connectivity index (χ0) is 14.2. The van der Waals surface area contributed by atoms with Crippen molar-refractivity contribution in [3.05, 3.63) is 18.7 Å². The van der Waals surface area contributed by atoms with Crippen LogP contribution in [0.3, 0.4) is 0 Å². The van der Waals surface area contributed by atoms with Crippen LogP contribution in [-0.4, -0.2) is 9.55 Å². The summed E-state index contributed by atoms with van der Waals surface area (Å²) in [4.78, 5) is 4.05. The highest BCUT2D eigenvalue weighted by Gasteiger charge is 1.93. The van der Waals surface area contributed by atoms with E-state index in [0.717, 1.165) is 6.54 Å². The summed E-state index contributed by atoms with van der Waals surface area (Å²) in [5.41, 5.74) is 0. The second kappa shape index (κ2) is 18.7. The number of nitrogens with zero attached hydrogens (tertiary/aromatic N) is 2. The van der Waals surface area contributed by atoms with E-state index in [-0.39, 0.29) is 17.0 Å². The number of hydrogen-bond donors (Lipinski definition) is 0. The third kappa shape index (κ3) is 14.1. The number of aryl methyl sites for hydroxylation is 1. The molecule has 1 aromatic rings. The lowest BCUT2D eigenvalue weighted by Crippen LogP contribution is -1.93. The van der Waals surface area contributed by atoms with Gasteiger partial charge in [0.1, 0.15) is 0 Å². The molecule has 3 heteroatoms. The van der Waals surface area contributed by atoms with Crippen LogP contribution >= 0.6 is 17.0 Å². The van der Waals surface area contributed by atoms with Crippen molar-refractivity contribution in [1.29, 1.82) is 0 Å². The first-order valence-electron chi connectivity index (χ1n) is 8.39. The number of halogens is 1. The molecule has 0 atom stereocenters. The highest BCUT2D eigenvalue weighted by atomic mass is 79.9. The van der Waals surface area contributed by atoms with Gasteiger partial charge in [-0.3, -0.25) is 0 Å². The maximum absolute atomic E-state index is 4.05. The predicted molar refractivity (Wildman–Crippen MR) is 95.7 cm³/mol. The van der Waals surface area contributed by atoms with E-state index in [4.69, 9.17) is 0 Å². The molecule has 0 fully saturated rings. The lowest BCUT2D eigenvalue weighted by atomic mass is 10.1. The maximum Gasteiger partial charge on any atom is 0.0945 e. The van der Waals surface area contributed by atoms with Gasteiger partial charge in [-0.1, -0.05) is 78.6 Å². The molecule has 0 unspecified atom stereocenters. The van der Waals surface area contributed by atoms with Gasteiger partial charge >= 0.3 is 0 Å². The predicted octanol–water partition coefficient (Wildman–Crippen LogP) is 6.41. The first kappa shape index (κ1) is 22.0. The van der Waals surface area contributed by atoms with Crippen LogP contribution in [0.2, 0.25) is 0 Å². The van der Waals surface area contributed by atoms with Gasteiger partial charge in [0.15, 0.2) is 0 Å². The summed E-state index contributed by atoms with van der Waals surface area (Å²) in [5.74, 6) is 0. The summed E-state index contributed by atoms with van der Waals surface area (Å²) in [6.45, 7) is 7.41. The first-order chi connectivity index (χ1) is 9.43. The Morgan fingerprint density at radius 2 is 1.30 bits per heavy atom. The molecule has 120 valence electrons. The summed E-state index contributed by atoms with van der Waals surface area (Å²) >= 11 is 0. The van der Waals surface area contributed by atoms with Crippen molar-refractivity contribution in [2.45, 2.75) is 91.5 Å². The maximum atomic E-state index is 4.05. The molecule has 1 rings (SSSR count). The molecule has 0 bridgehead atoms. The van der Waals surface area contributed by atoms with E-state index in [9.17, 15) is 0 Å². The van der Waals surface area contributed by atoms with Crippen LogP contribution in [0.5, 0.6) is 0 Å². The van der Waals surface area contributed by atoms with Crippen LogP contribution < -0.4 is 0 Å². The molecule has 0 aliphatic carbocycles. The Kier molecular flexibility index (Phi) is 20.5. The monoisotopic (exact) mass is 346 g/mol. The summed E-state index contributed by atoms with van der Waals surface area (Å²) in [6.07, 6.45) is 19.9. The molecule has 1 aromatic heterocycles. The van der Waals surface area contributed by atoms with Gasteiger partial charge in [-0.15, -0.1) is 17.0 Å². The number of rotatable bonds is 11. The van der Waals surface area contributed by atoms with E-state index in [1.165, 1.54) is 64.2 Å². The Hall–Kier alpha value is -0.310. The molecule has 1 heterocycles. The molecule has 0 spiro atoms. The van der Waals surface area contributed by atoms with Crippen LogP contribution in [-0.2, 0) is 6.54 Å². The fourth-order valence-electron chi connectivity index (χ4n) is 2.20. The molecule has 0 saturated carbocycles. The van der Waals surface area contributed by atoms with Crippen LogP contribution in [0.15, 0.2) is 18.7 Å². The van der Waals surface area contributed by atoms with Crippen molar-refractivity contribution in [2.24, 2.45) is 0 Å². The largest absolute Gasteiger partial charge is 0.337 e. The zero-order valence-corrected chi connectivity index (χ0v) is 15.5. The van der Waals surface area contributed by atoms with Gasteiger partial charge in [0.05, 0.1) is 6.33 Å². The molecule has 20 heavy (non-hydrogen) atoms. The van der Waals surface area contributed by atoms with E-state index in [1.54, 1.807) is 0 Å². The van der Waals surface area contributed by atoms with Gasteiger partial charge in [-0.2, -0.15) is 0 Å². The quantitative estimate of drug-likeness (QED) is 0.423. The second-order valence-corrected chi connectivity index (χ2v) is 4.98. The topological polar surface area (TPSA) is 17.8 Å². The Balaban J connectivity index is 0. The summed E-state index contributed by atoms with van der Waals surface area (Å²) in [6, 6.07) is 0. The SMILES string of the molecule is Br.CC.CCCCCCCCCCCCn1ccnc1. The lowest BCUT2D eigenvalue weighted by molar-refractivity contribution is 0.534. The van der Waals surface area contributed by atoms with Crippen molar-refractivity contribution in [3.8, 4) is 0 Å². The molecule has 2 nitrogen and oxygen atoms in total. The minimum absolute atomic E-state index is 0. The molecular weight excluding hydrogens is 312 g/mol. The van der Waals surface area contributed by atoms with Crippen molar-refractivity contribution in [2.75, 3.05) is 0 Å². The number of unbranched alkanes of at least 4 members (excludes halogenated alkanes) is 9. The Morgan fingerprint density at radius 3 is 1.75 bits per heavy atom. The van der Waals surface area contributed by atoms with E-state index in [2.05, 4.69) is 16.5 Å². The van der Waals surface area contributed by atoms with Crippen molar-refractivity contribution in [1.82, 2.24) is 9.55 Å². The smallest absolute Gasteiger partial charge is 0.0945 e. The molecule has 0 aromatic carbocycles. The Labute approximate surface area is 137 Å². The highest BCUT2D eigenvalue weighted by molar-refractivity contribution is 8.93. The van der Waals surface area contributed by atoms with Crippen LogP contribution in [0.4, 0.5) is 0 Å². The third-order valence-electron chi connectivity index (χ3n) is 3.33. The first-order valence-corrected chi connectivity index (χ1v) is 8.39. The Morgan fingerprint density at radius 1 is 0.800 bits per heavy atom. The van der Waals surface area contributed by atoms with Crippen molar-refractivity contribution in [3.63, 3.8) is 0 Å². The lowest BCUT2D eigenvalue weighted by Gasteiger charge is -2.03. The van der Waals surface area contributed by atoms with Gasteiger partial charge in [0.25, 0.3) is 0 Å². The number of imidazole rings is 1. The molecule has 0 amide bonds. The standard InChI is InChI=1S/C15H28N2.C2H6.BrH/c1-2-3-4-5-6-7-8-9-10-11-13-17-14-12-16-15-17;1-2;/h12,14-15H,2-11,13H2,1H3;1-2H3;1H. The molecular formula is C17H35BrN2. The van der Waals surface area contributed by atoms with Gasteiger partial charge in [0, 0.05) is 18.9 Å². The number of aromatic nitrogens is 2. The normalized spacial score (nSPS) is 9.55. The van der Waals surface area contributed by atoms with Crippen molar-refractivity contribution < 1.29 is 0 Å². The highest BCUT2D eigenvalue weighted by Crippen LogP contribution is 2.10. The zero-order valence-electron chi connectivity index (χ0n) is 13.8. The average molecular weight is 347 g/mol. The van der Waals surface area contributed by atoms with Gasteiger partial charge in [-0.25, -0.2) is 4.98 Å². The average Bonchev–Trinajstić information content (AvgIpc) is 2.96. The molecule has 0 N–H and O–H groups in total. The van der Waals surface area contributed by atoms with Crippen molar-refractivity contribution >= 4 is 17.0 Å². The minimum atomic E-state index is 0. The second-order valence-electron chi connectivity index (χ2n) is 4.98. The summed E-state index contributed by atoms with van der Waals surface area (Å²) < 4.78 is 2.17. The van der Waals surface area contributed by atoms with E-state index < -0.39 is 0 Å². The van der Waals surface area contributed by atoms with E-state index in [0.29, 0.717) is 0 Å². The van der Waals surface area contributed by atoms with E-state index >= 15 is 0 Å². The Bertz CT molecular complexity index is 248. The van der Waals surface area contributed by atoms with Gasteiger partial charge in [0.2, 0.25) is 0 Å². The van der Waals surface area contributed by atoms with Gasteiger partial charge < -0.3 is 4.57 Å². The number of hydrogen-bond acceptors (Lipinski definition) is 1. The van der Waals surface area contributed by atoms with Gasteiger partial charge in [-0.05, 0) is 6.42 Å². The molecule has 0 aliphatic heterocycles. The minimum Gasteiger partial charge on any atom is -0.337 e. The molecule has 0 saturated heterocycles. The molecule has 0 radical (unpaired) electrons. The van der Waals surface area contributed by atoms with Crippen LogP contribution in [0, 0.1) is 0 Å². The summed E-state index contributed by atoms with van der Waals surface area (Å²) in [7, 11) is 0. The fraction of sp³-hybridized carbons (Fsp3) is 0.824. The van der Waals surface area contributed by atoms with E-state index in [1.807, 2.05) is 32.6 Å². The molecule has 0 aliphatic rings. The van der Waals surface area contributed by atoms with Crippen LogP contribution in [0.1, 0.15) is 85.0 Å². The third-order valence-corrected chi connectivity index (χ3v) is 3.33. The fourth-order valence-corrected chi connectivity index (χ4v) is 2.20. The van der Waals surface area contributed by atoms with Crippen LogP contribution in [0.25, 0.3) is 0 Å².